The van der Waals surface area contributed by atoms with Crippen molar-refractivity contribution in [2.24, 2.45) is 0 Å². The van der Waals surface area contributed by atoms with Crippen LogP contribution in [0.2, 0.25) is 0 Å². The molecule has 0 unspecified atom stereocenters. The van der Waals surface area contributed by atoms with Crippen LogP contribution >= 0.6 is 0 Å². The van der Waals surface area contributed by atoms with Crippen molar-refractivity contribution in [3.63, 3.8) is 0 Å². The SMILES string of the molecule is Cc1cc(C)c2c(CC(=O)Nc3cc(C(=O)O)ccc3O)noc2c1. The van der Waals surface area contributed by atoms with Gasteiger partial charge in [0.05, 0.1) is 17.7 Å². The summed E-state index contributed by atoms with van der Waals surface area (Å²) in [5.41, 5.74) is 3.08. The first-order chi connectivity index (χ1) is 11.8. The van der Waals surface area contributed by atoms with Crippen molar-refractivity contribution in [2.45, 2.75) is 20.3 Å². The van der Waals surface area contributed by atoms with E-state index in [2.05, 4.69) is 10.5 Å². The van der Waals surface area contributed by atoms with Crippen LogP contribution in [0.1, 0.15) is 27.2 Å². The number of hydrogen-bond acceptors (Lipinski definition) is 5. The highest BCUT2D eigenvalue weighted by molar-refractivity contribution is 5.98. The number of carbonyl (C=O) groups is 2. The van der Waals surface area contributed by atoms with Gasteiger partial charge in [-0.1, -0.05) is 11.2 Å². The van der Waals surface area contributed by atoms with E-state index in [0.29, 0.717) is 11.3 Å². The fraction of sp³-hybridized carbons (Fsp3) is 0.167. The van der Waals surface area contributed by atoms with Crippen molar-refractivity contribution < 1.29 is 24.3 Å². The molecule has 0 fully saturated rings. The van der Waals surface area contributed by atoms with Gasteiger partial charge in [0.15, 0.2) is 5.58 Å². The predicted molar refractivity (Wildman–Crippen MR) is 90.9 cm³/mol. The van der Waals surface area contributed by atoms with Gasteiger partial charge in [-0.3, -0.25) is 4.79 Å². The van der Waals surface area contributed by atoms with Crippen LogP contribution in [-0.2, 0) is 11.2 Å². The van der Waals surface area contributed by atoms with Crippen molar-refractivity contribution in [3.8, 4) is 5.75 Å². The summed E-state index contributed by atoms with van der Waals surface area (Å²) in [5, 5.41) is 26.0. The highest BCUT2D eigenvalue weighted by atomic mass is 16.5. The highest BCUT2D eigenvalue weighted by Crippen LogP contribution is 2.27. The van der Waals surface area contributed by atoms with Gasteiger partial charge in [0.1, 0.15) is 11.4 Å². The number of phenolic OH excluding ortho intramolecular Hbond substituents is 1. The summed E-state index contributed by atoms with van der Waals surface area (Å²) in [6.45, 7) is 3.86. The maximum atomic E-state index is 12.3. The maximum absolute atomic E-state index is 12.3. The second-order valence-corrected chi connectivity index (χ2v) is 5.85. The van der Waals surface area contributed by atoms with E-state index in [9.17, 15) is 14.7 Å². The fourth-order valence-corrected chi connectivity index (χ4v) is 2.76. The number of benzene rings is 2. The number of rotatable bonds is 4. The Kier molecular flexibility index (Phi) is 4.14. The molecule has 0 saturated carbocycles. The van der Waals surface area contributed by atoms with E-state index in [1.807, 2.05) is 26.0 Å². The number of anilines is 1. The lowest BCUT2D eigenvalue weighted by Gasteiger charge is -2.08. The Hall–Kier alpha value is -3.35. The van der Waals surface area contributed by atoms with E-state index < -0.39 is 11.9 Å². The number of fused-ring (bicyclic) bond motifs is 1. The van der Waals surface area contributed by atoms with Crippen LogP contribution in [0.25, 0.3) is 11.0 Å². The standard InChI is InChI=1S/C18H16N2O5/c1-9-5-10(2)17-13(20-25-15(17)6-9)8-16(22)19-12-7-11(18(23)24)3-4-14(12)21/h3-7,21H,8H2,1-2H3,(H,19,22)(H,23,24). The maximum Gasteiger partial charge on any atom is 0.335 e. The molecule has 2 aromatic carbocycles. The molecule has 0 atom stereocenters. The number of carbonyl (C=O) groups excluding carboxylic acids is 1. The van der Waals surface area contributed by atoms with Gasteiger partial charge in [0.25, 0.3) is 0 Å². The van der Waals surface area contributed by atoms with E-state index in [-0.39, 0.29) is 23.4 Å². The van der Waals surface area contributed by atoms with Crippen LogP contribution in [0, 0.1) is 13.8 Å². The van der Waals surface area contributed by atoms with E-state index >= 15 is 0 Å². The highest BCUT2D eigenvalue weighted by Gasteiger charge is 2.16. The third-order valence-corrected chi connectivity index (χ3v) is 3.83. The third kappa shape index (κ3) is 3.30. The first kappa shape index (κ1) is 16.5. The van der Waals surface area contributed by atoms with Gasteiger partial charge in [-0.15, -0.1) is 0 Å². The number of aryl methyl sites for hydroxylation is 2. The number of hydrogen-bond donors (Lipinski definition) is 3. The molecule has 0 saturated heterocycles. The van der Waals surface area contributed by atoms with Gasteiger partial charge in [-0.2, -0.15) is 0 Å². The van der Waals surface area contributed by atoms with Crippen LogP contribution in [0.15, 0.2) is 34.9 Å². The fourth-order valence-electron chi connectivity index (χ4n) is 2.76. The number of phenols is 1. The molecule has 3 rings (SSSR count). The Morgan fingerprint density at radius 2 is 1.96 bits per heavy atom. The molecule has 0 aliphatic carbocycles. The third-order valence-electron chi connectivity index (χ3n) is 3.83. The number of carboxylic acid groups (broad SMARTS) is 1. The van der Waals surface area contributed by atoms with E-state index in [0.717, 1.165) is 16.5 Å². The molecule has 0 radical (unpaired) electrons. The summed E-state index contributed by atoms with van der Waals surface area (Å²) < 4.78 is 5.28. The molecule has 25 heavy (non-hydrogen) atoms. The Bertz CT molecular complexity index is 991. The Morgan fingerprint density at radius 1 is 1.20 bits per heavy atom. The predicted octanol–water partition coefficient (Wildman–Crippen LogP) is 3.03. The summed E-state index contributed by atoms with van der Waals surface area (Å²) in [7, 11) is 0. The van der Waals surface area contributed by atoms with E-state index in [1.54, 1.807) is 0 Å². The van der Waals surface area contributed by atoms with Crippen LogP contribution in [0.5, 0.6) is 5.75 Å². The Balaban J connectivity index is 1.84. The second kappa shape index (κ2) is 6.27. The molecule has 7 nitrogen and oxygen atoms in total. The van der Waals surface area contributed by atoms with Gasteiger partial charge in [0, 0.05) is 5.39 Å². The molecule has 3 aromatic rings. The molecule has 7 heteroatoms. The van der Waals surface area contributed by atoms with Gasteiger partial charge >= 0.3 is 5.97 Å². The van der Waals surface area contributed by atoms with Crippen LogP contribution in [-0.4, -0.2) is 27.2 Å². The number of aromatic nitrogens is 1. The number of carboxylic acids is 1. The van der Waals surface area contributed by atoms with Crippen molar-refractivity contribution in [1.29, 1.82) is 0 Å². The normalized spacial score (nSPS) is 10.8. The average molecular weight is 340 g/mol. The molecule has 0 bridgehead atoms. The minimum absolute atomic E-state index is 0.0327. The zero-order chi connectivity index (χ0) is 18.1. The average Bonchev–Trinajstić information content (AvgIpc) is 2.92. The largest absolute Gasteiger partial charge is 0.506 e. The molecule has 0 spiro atoms. The second-order valence-electron chi connectivity index (χ2n) is 5.85. The van der Waals surface area contributed by atoms with Crippen molar-refractivity contribution in [1.82, 2.24) is 5.16 Å². The van der Waals surface area contributed by atoms with Crippen molar-refractivity contribution >= 4 is 28.5 Å². The first-order valence-corrected chi connectivity index (χ1v) is 7.57. The number of aromatic carboxylic acids is 1. The van der Waals surface area contributed by atoms with Gasteiger partial charge in [0.2, 0.25) is 5.91 Å². The topological polar surface area (TPSA) is 113 Å². The lowest BCUT2D eigenvalue weighted by Crippen LogP contribution is -2.15. The summed E-state index contributed by atoms with van der Waals surface area (Å²) >= 11 is 0. The van der Waals surface area contributed by atoms with Crippen LogP contribution in [0.4, 0.5) is 5.69 Å². The van der Waals surface area contributed by atoms with Gasteiger partial charge in [-0.25, -0.2) is 4.79 Å². The number of nitrogens with zero attached hydrogens (tertiary/aromatic N) is 1. The molecule has 3 N–H and O–H groups in total. The summed E-state index contributed by atoms with van der Waals surface area (Å²) in [6.07, 6.45) is -0.0619. The van der Waals surface area contributed by atoms with Crippen LogP contribution in [0.3, 0.4) is 0 Å². The molecule has 1 amide bonds. The molecular formula is C18H16N2O5. The summed E-state index contributed by atoms with van der Waals surface area (Å²) in [5.74, 6) is -1.80. The lowest BCUT2D eigenvalue weighted by atomic mass is 10.0. The number of amides is 1. The Morgan fingerprint density at radius 3 is 2.68 bits per heavy atom. The molecular weight excluding hydrogens is 324 g/mol. The zero-order valence-electron chi connectivity index (χ0n) is 13.7. The monoisotopic (exact) mass is 340 g/mol. The van der Waals surface area contributed by atoms with E-state index in [4.69, 9.17) is 9.63 Å². The molecule has 0 aliphatic heterocycles. The van der Waals surface area contributed by atoms with Crippen molar-refractivity contribution in [2.75, 3.05) is 5.32 Å². The molecule has 1 aromatic heterocycles. The minimum Gasteiger partial charge on any atom is -0.506 e. The number of aromatic hydroxyl groups is 1. The summed E-state index contributed by atoms with van der Waals surface area (Å²) in [4.78, 5) is 23.3. The minimum atomic E-state index is -1.15. The Labute approximate surface area is 142 Å². The van der Waals surface area contributed by atoms with Crippen LogP contribution < -0.4 is 5.32 Å². The first-order valence-electron chi connectivity index (χ1n) is 7.57. The smallest absolute Gasteiger partial charge is 0.335 e. The van der Waals surface area contributed by atoms with Gasteiger partial charge < -0.3 is 20.1 Å². The van der Waals surface area contributed by atoms with Crippen molar-refractivity contribution in [3.05, 3.63) is 52.7 Å². The molecule has 1 heterocycles. The van der Waals surface area contributed by atoms with Gasteiger partial charge in [-0.05, 0) is 49.2 Å². The quantitative estimate of drug-likeness (QED) is 0.629. The summed E-state index contributed by atoms with van der Waals surface area (Å²) in [6, 6.07) is 7.49. The number of nitrogens with one attached hydrogen (secondary N) is 1. The lowest BCUT2D eigenvalue weighted by molar-refractivity contribution is -0.115. The molecule has 128 valence electrons. The van der Waals surface area contributed by atoms with E-state index in [1.165, 1.54) is 18.2 Å². The molecule has 0 aliphatic rings. The zero-order valence-corrected chi connectivity index (χ0v) is 13.7.